The maximum absolute atomic E-state index is 13.5. The number of aromatic nitrogens is 1. The van der Waals surface area contributed by atoms with Crippen LogP contribution >= 0.6 is 22.9 Å². The number of carbonyl (C=O) groups excluding carboxylic acids is 3. The van der Waals surface area contributed by atoms with Gasteiger partial charge in [-0.3, -0.25) is 14.4 Å². The first-order valence-corrected chi connectivity index (χ1v) is 14.8. The zero-order valence-electron chi connectivity index (χ0n) is 22.9. The van der Waals surface area contributed by atoms with Crippen molar-refractivity contribution in [3.05, 3.63) is 34.7 Å². The molecule has 3 fully saturated rings. The van der Waals surface area contributed by atoms with Gasteiger partial charge in [-0.1, -0.05) is 26.0 Å². The zero-order valence-corrected chi connectivity index (χ0v) is 24.4. The van der Waals surface area contributed by atoms with Crippen LogP contribution in [0, 0.1) is 12.8 Å². The highest BCUT2D eigenvalue weighted by atomic mass is 35.5. The lowest BCUT2D eigenvalue weighted by Crippen LogP contribution is -2.52. The number of hydrogen-bond acceptors (Lipinski definition) is 8. The van der Waals surface area contributed by atoms with Crippen molar-refractivity contribution >= 4 is 45.7 Å². The molecular weight excluding hydrogens is 538 g/mol. The van der Waals surface area contributed by atoms with E-state index in [0.29, 0.717) is 12.0 Å². The molecule has 9 nitrogen and oxygen atoms in total. The van der Waals surface area contributed by atoms with Crippen LogP contribution in [-0.2, 0) is 14.3 Å². The van der Waals surface area contributed by atoms with E-state index >= 15 is 0 Å². The molecule has 4 atom stereocenters. The summed E-state index contributed by atoms with van der Waals surface area (Å²) in [5.74, 6) is -0.611. The van der Waals surface area contributed by atoms with Crippen LogP contribution in [0.25, 0.3) is 11.3 Å². The zero-order chi connectivity index (χ0) is 27.8. The number of nitrogens with one attached hydrogen (secondary N) is 1. The quantitative estimate of drug-likeness (QED) is 0.509. The Kier molecular flexibility index (Phi) is 8.28. The molecule has 11 heteroatoms. The number of aryl methyl sites for hydroxylation is 1. The summed E-state index contributed by atoms with van der Waals surface area (Å²) in [6.07, 6.45) is -0.0389. The average Bonchev–Trinajstić information content (AvgIpc) is 3.58. The van der Waals surface area contributed by atoms with Gasteiger partial charge in [0.25, 0.3) is 5.91 Å². The molecular formula is C28H36ClN5O4S. The molecule has 2 amide bonds. The SMILES string of the molecule is Cc1sc(N2CCN(C)CC2)nc1-c1ccc(C(=O)NC(CC(C)C)C(=O)N2CC(Cl)[C@H]3OCC(=O)[C@H]32)cc1. The summed E-state index contributed by atoms with van der Waals surface area (Å²) in [5.41, 5.74) is 2.34. The second-order valence-electron chi connectivity index (χ2n) is 11.1. The minimum Gasteiger partial charge on any atom is -0.366 e. The second-order valence-corrected chi connectivity index (χ2v) is 12.9. The summed E-state index contributed by atoms with van der Waals surface area (Å²) < 4.78 is 5.52. The third-order valence-electron chi connectivity index (χ3n) is 7.70. The monoisotopic (exact) mass is 573 g/mol. The molecule has 2 unspecified atom stereocenters. The number of amides is 2. The van der Waals surface area contributed by atoms with Crippen LogP contribution in [-0.4, -0.2) is 102 Å². The third-order valence-corrected chi connectivity index (χ3v) is 9.11. The van der Waals surface area contributed by atoms with E-state index in [0.717, 1.165) is 47.4 Å². The summed E-state index contributed by atoms with van der Waals surface area (Å²) in [5, 5.41) is 3.51. The third kappa shape index (κ3) is 5.84. The van der Waals surface area contributed by atoms with Crippen LogP contribution in [0.15, 0.2) is 24.3 Å². The Bertz CT molecular complexity index is 1230. The lowest BCUT2D eigenvalue weighted by atomic mass is 10.0. The van der Waals surface area contributed by atoms with E-state index in [-0.39, 0.29) is 36.7 Å². The summed E-state index contributed by atoms with van der Waals surface area (Å²) in [6.45, 7) is 10.2. The van der Waals surface area contributed by atoms with Gasteiger partial charge in [-0.05, 0) is 38.4 Å². The molecule has 0 bridgehead atoms. The predicted octanol–water partition coefficient (Wildman–Crippen LogP) is 2.80. The molecule has 210 valence electrons. The molecule has 4 heterocycles. The number of halogens is 1. The van der Waals surface area contributed by atoms with Crippen molar-refractivity contribution in [3.63, 3.8) is 0 Å². The number of rotatable bonds is 7. The highest BCUT2D eigenvalue weighted by Gasteiger charge is 2.52. The first-order valence-electron chi connectivity index (χ1n) is 13.5. The van der Waals surface area contributed by atoms with Gasteiger partial charge < -0.3 is 24.8 Å². The van der Waals surface area contributed by atoms with Gasteiger partial charge in [0.05, 0.1) is 11.1 Å². The van der Waals surface area contributed by atoms with Gasteiger partial charge >= 0.3 is 0 Å². The lowest BCUT2D eigenvalue weighted by Gasteiger charge is -2.32. The van der Waals surface area contributed by atoms with Crippen molar-refractivity contribution in [1.29, 1.82) is 0 Å². The van der Waals surface area contributed by atoms with Crippen LogP contribution < -0.4 is 10.2 Å². The number of benzene rings is 1. The van der Waals surface area contributed by atoms with Crippen molar-refractivity contribution in [1.82, 2.24) is 20.1 Å². The highest BCUT2D eigenvalue weighted by molar-refractivity contribution is 7.16. The summed E-state index contributed by atoms with van der Waals surface area (Å²) in [4.78, 5) is 51.4. The molecule has 3 aliphatic heterocycles. The van der Waals surface area contributed by atoms with Crippen molar-refractivity contribution in [2.24, 2.45) is 5.92 Å². The molecule has 0 radical (unpaired) electrons. The van der Waals surface area contributed by atoms with E-state index in [9.17, 15) is 14.4 Å². The van der Waals surface area contributed by atoms with Gasteiger partial charge in [0.2, 0.25) is 5.91 Å². The van der Waals surface area contributed by atoms with E-state index in [1.807, 2.05) is 26.0 Å². The number of alkyl halides is 1. The Morgan fingerprint density at radius 3 is 2.54 bits per heavy atom. The smallest absolute Gasteiger partial charge is 0.251 e. The number of hydrogen-bond donors (Lipinski definition) is 1. The molecule has 1 N–H and O–H groups in total. The number of anilines is 1. The van der Waals surface area contributed by atoms with Gasteiger partial charge in [0.15, 0.2) is 10.9 Å². The molecule has 5 rings (SSSR count). The van der Waals surface area contributed by atoms with E-state index in [2.05, 4.69) is 29.1 Å². The molecule has 3 saturated heterocycles. The van der Waals surface area contributed by atoms with Crippen LogP contribution in [0.1, 0.15) is 35.5 Å². The van der Waals surface area contributed by atoms with Crippen molar-refractivity contribution < 1.29 is 19.1 Å². The topological polar surface area (TPSA) is 95.1 Å². The van der Waals surface area contributed by atoms with Crippen LogP contribution in [0.4, 0.5) is 5.13 Å². The Balaban J connectivity index is 1.28. The fraction of sp³-hybridized carbons (Fsp3) is 0.571. The molecule has 0 aliphatic carbocycles. The fourth-order valence-electron chi connectivity index (χ4n) is 5.52. The maximum Gasteiger partial charge on any atom is 0.251 e. The number of likely N-dealkylation sites (N-methyl/N-ethyl adjacent to an activating group) is 1. The average molecular weight is 574 g/mol. The van der Waals surface area contributed by atoms with Gasteiger partial charge in [0, 0.05) is 48.7 Å². The number of likely N-dealkylation sites (tertiary alicyclic amines) is 1. The van der Waals surface area contributed by atoms with Crippen molar-refractivity contribution in [2.45, 2.75) is 50.8 Å². The molecule has 0 saturated carbocycles. The molecule has 39 heavy (non-hydrogen) atoms. The van der Waals surface area contributed by atoms with E-state index in [4.69, 9.17) is 21.3 Å². The molecule has 3 aliphatic rings. The summed E-state index contributed by atoms with van der Waals surface area (Å²) in [6, 6.07) is 5.90. The largest absolute Gasteiger partial charge is 0.366 e. The van der Waals surface area contributed by atoms with Gasteiger partial charge in [0.1, 0.15) is 24.8 Å². The number of carbonyl (C=O) groups is 3. The Morgan fingerprint density at radius 1 is 1.18 bits per heavy atom. The second kappa shape index (κ2) is 11.5. The van der Waals surface area contributed by atoms with E-state index in [1.54, 1.807) is 23.5 Å². The molecule has 1 aromatic carbocycles. The highest BCUT2D eigenvalue weighted by Crippen LogP contribution is 2.34. The predicted molar refractivity (Wildman–Crippen MR) is 153 cm³/mol. The molecule has 0 spiro atoms. The van der Waals surface area contributed by atoms with Gasteiger partial charge in [-0.25, -0.2) is 4.98 Å². The number of ether oxygens (including phenoxy) is 1. The molecule has 1 aromatic heterocycles. The van der Waals surface area contributed by atoms with E-state index in [1.165, 1.54) is 4.90 Å². The minimum atomic E-state index is -0.764. The van der Waals surface area contributed by atoms with E-state index < -0.39 is 23.6 Å². The number of thiazole rings is 1. The van der Waals surface area contributed by atoms with Crippen molar-refractivity contribution in [3.8, 4) is 11.3 Å². The Morgan fingerprint density at radius 2 is 1.87 bits per heavy atom. The fourth-order valence-corrected chi connectivity index (χ4v) is 6.86. The van der Waals surface area contributed by atoms with Gasteiger partial charge in [-0.2, -0.15) is 0 Å². The van der Waals surface area contributed by atoms with Crippen LogP contribution in [0.2, 0.25) is 0 Å². The number of Topliss-reactive ketones (excluding diaryl/α,β-unsaturated/α-hetero) is 1. The lowest BCUT2D eigenvalue weighted by molar-refractivity contribution is -0.138. The number of ketones is 1. The minimum absolute atomic E-state index is 0.0365. The summed E-state index contributed by atoms with van der Waals surface area (Å²) >= 11 is 8.09. The summed E-state index contributed by atoms with van der Waals surface area (Å²) in [7, 11) is 2.14. The number of piperazine rings is 1. The van der Waals surface area contributed by atoms with Gasteiger partial charge in [-0.15, -0.1) is 22.9 Å². The Hall–Kier alpha value is -2.53. The number of nitrogens with zero attached hydrogens (tertiary/aromatic N) is 4. The first-order chi connectivity index (χ1) is 18.6. The Labute approximate surface area is 238 Å². The van der Waals surface area contributed by atoms with Crippen LogP contribution in [0.3, 0.4) is 0 Å². The maximum atomic E-state index is 13.5. The first kappa shape index (κ1) is 28.0. The number of fused-ring (bicyclic) bond motifs is 1. The normalized spacial score (nSPS) is 24.4. The standard InChI is InChI=1S/C28H36ClN5O4S/c1-16(2)13-21(27(37)34-14-20(29)25-24(34)22(35)15-38-25)30-26(36)19-7-5-18(6-8-19)23-17(3)39-28(31-23)33-11-9-32(4)10-12-33/h5-8,16,20-21,24-25H,9-15H2,1-4H3,(H,30,36)/t20?,21?,24-,25-/m1/s1. The van der Waals surface area contributed by atoms with Crippen LogP contribution in [0.5, 0.6) is 0 Å². The molecule has 2 aromatic rings. The van der Waals surface area contributed by atoms with Crippen molar-refractivity contribution in [2.75, 3.05) is 51.3 Å².